The van der Waals surface area contributed by atoms with Crippen LogP contribution in [0.2, 0.25) is 0 Å². The molecule has 22 heavy (non-hydrogen) atoms. The highest BCUT2D eigenvalue weighted by Gasteiger charge is 2.16. The fourth-order valence-electron chi connectivity index (χ4n) is 1.99. The normalized spacial score (nSPS) is 11.1. The number of Topliss-reactive ketones (excluding diaryl/α,β-unsaturated/α-hetero) is 1. The van der Waals surface area contributed by atoms with Gasteiger partial charge in [0, 0.05) is 31.1 Å². The third kappa shape index (κ3) is 3.06. The number of hydrogen-bond donors (Lipinski definition) is 1. The van der Waals surface area contributed by atoms with Crippen LogP contribution in [0.3, 0.4) is 0 Å². The summed E-state index contributed by atoms with van der Waals surface area (Å²) in [6.45, 7) is 1.63. The Morgan fingerprint density at radius 2 is 2.05 bits per heavy atom. The Morgan fingerprint density at radius 3 is 2.73 bits per heavy atom. The number of methoxy groups -OCH3 is 1. The molecule has 0 unspecified atom stereocenters. The first-order chi connectivity index (χ1) is 10.6. The van der Waals surface area contributed by atoms with E-state index in [1.807, 2.05) is 12.1 Å². The van der Waals surface area contributed by atoms with E-state index in [0.717, 1.165) is 0 Å². The van der Waals surface area contributed by atoms with Crippen LogP contribution in [0.5, 0.6) is 5.75 Å². The molecule has 0 saturated heterocycles. The fraction of sp³-hybridized carbons (Fsp3) is 0.188. The summed E-state index contributed by atoms with van der Waals surface area (Å²) in [7, 11) is 3.23. The quantitative estimate of drug-likeness (QED) is 0.670. The summed E-state index contributed by atoms with van der Waals surface area (Å²) in [5, 5.41) is 6.92. The maximum absolute atomic E-state index is 12.3. The van der Waals surface area contributed by atoms with Crippen LogP contribution in [0, 0.1) is 0 Å². The highest BCUT2D eigenvalue weighted by molar-refractivity contribution is 6.06. The Kier molecular flexibility index (Phi) is 4.73. The monoisotopic (exact) mass is 299 g/mol. The van der Waals surface area contributed by atoms with E-state index in [2.05, 4.69) is 10.4 Å². The summed E-state index contributed by atoms with van der Waals surface area (Å²) in [4.78, 5) is 24.2. The fourth-order valence-corrected chi connectivity index (χ4v) is 1.99. The van der Waals surface area contributed by atoms with Crippen LogP contribution in [0.15, 0.2) is 53.1 Å². The zero-order valence-corrected chi connectivity index (χ0v) is 12.7. The van der Waals surface area contributed by atoms with Crippen molar-refractivity contribution in [2.24, 2.45) is 0 Å². The van der Waals surface area contributed by atoms with E-state index in [-0.39, 0.29) is 5.69 Å². The lowest BCUT2D eigenvalue weighted by atomic mass is 10.1. The van der Waals surface area contributed by atoms with E-state index in [1.165, 1.54) is 23.1 Å². The van der Waals surface area contributed by atoms with Crippen molar-refractivity contribution in [1.82, 2.24) is 15.1 Å². The lowest BCUT2D eigenvalue weighted by molar-refractivity contribution is 0.102. The van der Waals surface area contributed by atoms with Gasteiger partial charge in [-0.05, 0) is 19.1 Å². The van der Waals surface area contributed by atoms with Crippen molar-refractivity contribution in [3.8, 4) is 11.4 Å². The van der Waals surface area contributed by atoms with Crippen molar-refractivity contribution < 1.29 is 9.53 Å². The molecule has 0 radical (unpaired) electrons. The van der Waals surface area contributed by atoms with Crippen LogP contribution in [-0.2, 0) is 0 Å². The zero-order valence-electron chi connectivity index (χ0n) is 12.7. The number of nitrogens with one attached hydrogen (secondary N) is 1. The van der Waals surface area contributed by atoms with E-state index >= 15 is 0 Å². The molecule has 0 amide bonds. The van der Waals surface area contributed by atoms with Crippen LogP contribution in [0.25, 0.3) is 5.69 Å². The number of carbonyl (C=O) groups is 1. The first-order valence-corrected chi connectivity index (χ1v) is 6.70. The number of hydrogen-bond acceptors (Lipinski definition) is 5. The molecule has 0 atom stereocenters. The highest BCUT2D eigenvalue weighted by Crippen LogP contribution is 2.20. The second-order valence-corrected chi connectivity index (χ2v) is 4.59. The number of carbonyl (C=O) groups excluding carboxylic acids is 1. The van der Waals surface area contributed by atoms with Crippen molar-refractivity contribution in [2.75, 3.05) is 14.2 Å². The number of ether oxygens (including phenoxy) is 1. The molecule has 0 aliphatic carbocycles. The van der Waals surface area contributed by atoms with Gasteiger partial charge in [0.05, 0.1) is 7.11 Å². The minimum Gasteiger partial charge on any atom is -0.494 e. The molecule has 114 valence electrons. The van der Waals surface area contributed by atoms with Crippen molar-refractivity contribution in [3.05, 3.63) is 64.2 Å². The number of aromatic nitrogens is 2. The largest absolute Gasteiger partial charge is 0.494 e. The average Bonchev–Trinajstić information content (AvgIpc) is 2.55. The number of allylic oxidation sites excluding steroid dienone is 1. The summed E-state index contributed by atoms with van der Waals surface area (Å²) < 4.78 is 6.73. The van der Waals surface area contributed by atoms with Gasteiger partial charge in [0.15, 0.2) is 5.69 Å². The minimum atomic E-state index is -0.417. The molecule has 6 nitrogen and oxygen atoms in total. The molecule has 1 heterocycles. The smallest absolute Gasteiger partial charge is 0.214 e. The molecule has 0 saturated carbocycles. The number of para-hydroxylation sites is 2. The van der Waals surface area contributed by atoms with Gasteiger partial charge in [-0.2, -0.15) is 5.10 Å². The Hall–Kier alpha value is -2.89. The number of nitrogens with zero attached hydrogens (tertiary/aromatic N) is 2. The molecular formula is C16H17N3O3. The van der Waals surface area contributed by atoms with Crippen molar-refractivity contribution >= 4 is 5.78 Å². The van der Waals surface area contributed by atoms with Crippen LogP contribution in [0.4, 0.5) is 0 Å². The molecule has 0 aliphatic rings. The Labute approximate surface area is 128 Å². The van der Waals surface area contributed by atoms with Crippen LogP contribution in [-0.4, -0.2) is 29.7 Å². The number of rotatable bonds is 5. The van der Waals surface area contributed by atoms with Gasteiger partial charge in [0.25, 0.3) is 0 Å². The first-order valence-electron chi connectivity index (χ1n) is 6.70. The third-order valence-electron chi connectivity index (χ3n) is 3.07. The second kappa shape index (κ2) is 6.71. The van der Waals surface area contributed by atoms with Gasteiger partial charge in [-0.15, -0.1) is 0 Å². The third-order valence-corrected chi connectivity index (χ3v) is 3.07. The van der Waals surface area contributed by atoms with E-state index in [4.69, 9.17) is 4.74 Å². The second-order valence-electron chi connectivity index (χ2n) is 4.59. The minimum absolute atomic E-state index is 0.127. The topological polar surface area (TPSA) is 73.2 Å². The van der Waals surface area contributed by atoms with Crippen molar-refractivity contribution in [2.45, 2.75) is 6.92 Å². The van der Waals surface area contributed by atoms with E-state index < -0.39 is 11.2 Å². The van der Waals surface area contributed by atoms with Crippen LogP contribution >= 0.6 is 0 Å². The molecule has 2 rings (SSSR count). The summed E-state index contributed by atoms with van der Waals surface area (Å²) >= 11 is 0. The average molecular weight is 299 g/mol. The van der Waals surface area contributed by atoms with Crippen LogP contribution < -0.4 is 15.5 Å². The standard InChI is InChI=1S/C16H17N3O3/c1-11(10-17-2)16(21)15-13(20)8-9-19(18-15)12-6-4-5-7-14(12)22-3/h4-10,17H,1-3H3/b11-10+. The molecule has 0 spiro atoms. The van der Waals surface area contributed by atoms with Crippen molar-refractivity contribution in [1.29, 1.82) is 0 Å². The lowest BCUT2D eigenvalue weighted by Crippen LogP contribution is -2.22. The summed E-state index contributed by atoms with van der Waals surface area (Å²) in [6, 6.07) is 8.55. The van der Waals surface area contributed by atoms with E-state index in [1.54, 1.807) is 33.2 Å². The number of ketones is 1. The molecule has 1 aromatic heterocycles. The number of benzene rings is 1. The SMILES string of the molecule is CN/C=C(\C)C(=O)c1nn(-c2ccccc2OC)ccc1=O. The molecule has 0 bridgehead atoms. The summed E-state index contributed by atoms with van der Waals surface area (Å²) in [6.07, 6.45) is 3.04. The van der Waals surface area contributed by atoms with Gasteiger partial charge in [-0.3, -0.25) is 9.59 Å². The highest BCUT2D eigenvalue weighted by atomic mass is 16.5. The van der Waals surface area contributed by atoms with Gasteiger partial charge in [-0.25, -0.2) is 4.68 Å². The molecule has 6 heteroatoms. The van der Waals surface area contributed by atoms with E-state index in [9.17, 15) is 9.59 Å². The predicted octanol–water partition coefficient (Wildman–Crippen LogP) is 1.55. The first kappa shape index (κ1) is 15.5. The molecule has 2 aromatic rings. The Balaban J connectivity index is 2.54. The summed E-state index contributed by atoms with van der Waals surface area (Å²) in [5.74, 6) is 0.183. The summed E-state index contributed by atoms with van der Waals surface area (Å²) in [5.41, 5.74) is 0.511. The van der Waals surface area contributed by atoms with E-state index in [0.29, 0.717) is 17.0 Å². The van der Waals surface area contributed by atoms with Gasteiger partial charge in [0.1, 0.15) is 11.4 Å². The van der Waals surface area contributed by atoms with Gasteiger partial charge in [-0.1, -0.05) is 12.1 Å². The maximum Gasteiger partial charge on any atom is 0.214 e. The van der Waals surface area contributed by atoms with Crippen LogP contribution in [0.1, 0.15) is 17.4 Å². The Bertz CT molecular complexity index is 778. The predicted molar refractivity (Wildman–Crippen MR) is 83.5 cm³/mol. The van der Waals surface area contributed by atoms with Gasteiger partial charge in [0.2, 0.25) is 11.2 Å². The molecule has 0 aliphatic heterocycles. The van der Waals surface area contributed by atoms with Crippen molar-refractivity contribution in [3.63, 3.8) is 0 Å². The molecule has 1 aromatic carbocycles. The molecular weight excluding hydrogens is 282 g/mol. The molecule has 1 N–H and O–H groups in total. The maximum atomic E-state index is 12.3. The Morgan fingerprint density at radius 1 is 1.32 bits per heavy atom. The lowest BCUT2D eigenvalue weighted by Gasteiger charge is -2.11. The van der Waals surface area contributed by atoms with Gasteiger partial charge >= 0.3 is 0 Å². The van der Waals surface area contributed by atoms with Gasteiger partial charge < -0.3 is 10.1 Å². The zero-order chi connectivity index (χ0) is 16.1. The molecule has 0 fully saturated rings.